The number of nitrogens with zero attached hydrogens (tertiary/aromatic N) is 4. The number of ketones is 1. The number of aryl methyl sites for hydroxylation is 1. The van der Waals surface area contributed by atoms with Gasteiger partial charge in [0.2, 0.25) is 5.16 Å². The second-order valence-corrected chi connectivity index (χ2v) is 4.64. The zero-order valence-corrected chi connectivity index (χ0v) is 10.4. The highest BCUT2D eigenvalue weighted by Gasteiger charge is 2.09. The van der Waals surface area contributed by atoms with E-state index in [2.05, 4.69) is 15.5 Å². The van der Waals surface area contributed by atoms with Crippen LogP contribution in [0.4, 0.5) is 0 Å². The topological polar surface area (TPSA) is 60.7 Å². The minimum absolute atomic E-state index is 0.105. The van der Waals surface area contributed by atoms with Gasteiger partial charge in [-0.2, -0.15) is 4.68 Å². The summed E-state index contributed by atoms with van der Waals surface area (Å²) in [7, 11) is 0. The van der Waals surface area contributed by atoms with E-state index in [4.69, 9.17) is 0 Å². The summed E-state index contributed by atoms with van der Waals surface area (Å²) < 4.78 is 1.63. The normalized spacial score (nSPS) is 10.5. The van der Waals surface area contributed by atoms with Crippen LogP contribution in [0.5, 0.6) is 0 Å². The van der Waals surface area contributed by atoms with Crippen molar-refractivity contribution in [2.24, 2.45) is 0 Å². The number of carbonyl (C=O) groups excluding carboxylic acids is 1. The minimum atomic E-state index is 0.105. The first kappa shape index (κ1) is 11.8. The van der Waals surface area contributed by atoms with Crippen molar-refractivity contribution in [1.82, 2.24) is 20.2 Å². The molecule has 88 valence electrons. The number of thioether (sulfide) groups is 1. The van der Waals surface area contributed by atoms with Gasteiger partial charge in [0.25, 0.3) is 0 Å². The van der Waals surface area contributed by atoms with E-state index >= 15 is 0 Å². The summed E-state index contributed by atoms with van der Waals surface area (Å²) in [6.45, 7) is 3.57. The Balaban J connectivity index is 2.24. The lowest BCUT2D eigenvalue weighted by molar-refractivity contribution is -0.114. The molecule has 1 heterocycles. The Bertz CT molecular complexity index is 521. The molecular formula is C11H12N4OS. The van der Waals surface area contributed by atoms with E-state index in [1.54, 1.807) is 11.6 Å². The highest BCUT2D eigenvalue weighted by Crippen LogP contribution is 2.18. The van der Waals surface area contributed by atoms with Crippen LogP contribution in [0.1, 0.15) is 12.5 Å². The highest BCUT2D eigenvalue weighted by atomic mass is 32.2. The second-order valence-electron chi connectivity index (χ2n) is 3.70. The molecule has 1 aromatic carbocycles. The summed E-state index contributed by atoms with van der Waals surface area (Å²) in [5.41, 5.74) is 2.08. The van der Waals surface area contributed by atoms with Crippen LogP contribution >= 0.6 is 11.8 Å². The van der Waals surface area contributed by atoms with Crippen molar-refractivity contribution in [2.75, 3.05) is 5.75 Å². The minimum Gasteiger partial charge on any atom is -0.299 e. The Morgan fingerprint density at radius 1 is 1.35 bits per heavy atom. The number of rotatable bonds is 4. The van der Waals surface area contributed by atoms with Crippen molar-refractivity contribution >= 4 is 17.5 Å². The predicted octanol–water partition coefficient (Wildman–Crippen LogP) is 1.65. The molecule has 0 atom stereocenters. The third-order valence-electron chi connectivity index (χ3n) is 2.12. The van der Waals surface area contributed by atoms with Crippen molar-refractivity contribution in [3.8, 4) is 5.69 Å². The molecule has 0 aliphatic carbocycles. The number of Topliss-reactive ketones (excluding diaryl/α,β-unsaturated/α-hetero) is 1. The molecule has 2 rings (SSSR count). The second kappa shape index (κ2) is 5.09. The van der Waals surface area contributed by atoms with E-state index in [1.807, 2.05) is 31.2 Å². The fourth-order valence-electron chi connectivity index (χ4n) is 1.28. The summed E-state index contributed by atoms with van der Waals surface area (Å²) in [4.78, 5) is 10.9. The van der Waals surface area contributed by atoms with Crippen LogP contribution in [0.25, 0.3) is 5.69 Å². The maximum absolute atomic E-state index is 10.9. The molecule has 0 aliphatic heterocycles. The molecule has 0 aliphatic rings. The summed E-state index contributed by atoms with van der Waals surface area (Å²) in [5, 5.41) is 12.1. The Hall–Kier alpha value is -1.69. The quantitative estimate of drug-likeness (QED) is 0.770. The van der Waals surface area contributed by atoms with E-state index < -0.39 is 0 Å². The van der Waals surface area contributed by atoms with Crippen LogP contribution in [0.15, 0.2) is 29.4 Å². The van der Waals surface area contributed by atoms with Gasteiger partial charge < -0.3 is 0 Å². The molecule has 1 aromatic heterocycles. The van der Waals surface area contributed by atoms with Gasteiger partial charge in [0.1, 0.15) is 5.78 Å². The Labute approximate surface area is 103 Å². The fourth-order valence-corrected chi connectivity index (χ4v) is 1.97. The standard InChI is InChI=1S/C11H12N4OS/c1-8-3-5-10(6-4-8)15-11(12-13-14-15)17-7-9(2)16/h3-6H,7H2,1-2H3. The van der Waals surface area contributed by atoms with Crippen molar-refractivity contribution in [3.63, 3.8) is 0 Å². The first-order valence-electron chi connectivity index (χ1n) is 5.14. The Kier molecular flexibility index (Phi) is 3.53. The van der Waals surface area contributed by atoms with Crippen LogP contribution in [0.2, 0.25) is 0 Å². The number of hydrogen-bond acceptors (Lipinski definition) is 5. The van der Waals surface area contributed by atoms with Gasteiger partial charge in [-0.25, -0.2) is 0 Å². The van der Waals surface area contributed by atoms with Crippen LogP contribution < -0.4 is 0 Å². The largest absolute Gasteiger partial charge is 0.299 e. The molecule has 0 saturated carbocycles. The molecule has 0 unspecified atom stereocenters. The van der Waals surface area contributed by atoms with Gasteiger partial charge in [0.05, 0.1) is 11.4 Å². The van der Waals surface area contributed by atoms with Crippen molar-refractivity contribution in [2.45, 2.75) is 19.0 Å². The van der Waals surface area contributed by atoms with Gasteiger partial charge >= 0.3 is 0 Å². The number of hydrogen-bond donors (Lipinski definition) is 0. The average Bonchev–Trinajstić information content (AvgIpc) is 2.75. The van der Waals surface area contributed by atoms with E-state index in [9.17, 15) is 4.79 Å². The maximum Gasteiger partial charge on any atom is 0.214 e. The molecule has 0 saturated heterocycles. The molecule has 0 radical (unpaired) electrons. The monoisotopic (exact) mass is 248 g/mol. The van der Waals surface area contributed by atoms with E-state index in [0.29, 0.717) is 10.9 Å². The van der Waals surface area contributed by atoms with Crippen molar-refractivity contribution in [3.05, 3.63) is 29.8 Å². The van der Waals surface area contributed by atoms with E-state index in [-0.39, 0.29) is 5.78 Å². The molecular weight excluding hydrogens is 236 g/mol. The summed E-state index contributed by atoms with van der Waals surface area (Å²) >= 11 is 1.34. The maximum atomic E-state index is 10.9. The number of carbonyl (C=O) groups is 1. The van der Waals surface area contributed by atoms with Crippen LogP contribution in [-0.2, 0) is 4.79 Å². The van der Waals surface area contributed by atoms with Crippen molar-refractivity contribution in [1.29, 1.82) is 0 Å². The average molecular weight is 248 g/mol. The SMILES string of the molecule is CC(=O)CSc1nnnn1-c1ccc(C)cc1. The molecule has 0 amide bonds. The summed E-state index contributed by atoms with van der Waals surface area (Å²) in [6.07, 6.45) is 0. The first-order chi connectivity index (χ1) is 8.16. The van der Waals surface area contributed by atoms with Crippen LogP contribution in [0, 0.1) is 6.92 Å². The molecule has 0 bridgehead atoms. The fraction of sp³-hybridized carbons (Fsp3) is 0.273. The van der Waals surface area contributed by atoms with E-state index in [1.165, 1.54) is 17.3 Å². The van der Waals surface area contributed by atoms with Gasteiger partial charge in [-0.05, 0) is 36.4 Å². The van der Waals surface area contributed by atoms with Gasteiger partial charge in [-0.15, -0.1) is 5.10 Å². The molecule has 0 fully saturated rings. The summed E-state index contributed by atoms with van der Waals surface area (Å²) in [5.74, 6) is 0.486. The molecule has 17 heavy (non-hydrogen) atoms. The molecule has 5 nitrogen and oxygen atoms in total. The van der Waals surface area contributed by atoms with Gasteiger partial charge in [-0.1, -0.05) is 29.5 Å². The number of benzene rings is 1. The summed E-state index contributed by atoms with van der Waals surface area (Å²) in [6, 6.07) is 7.89. The number of tetrazole rings is 1. The zero-order valence-electron chi connectivity index (χ0n) is 9.62. The predicted molar refractivity (Wildman–Crippen MR) is 65.3 cm³/mol. The van der Waals surface area contributed by atoms with Crippen LogP contribution in [-0.4, -0.2) is 31.7 Å². The van der Waals surface area contributed by atoms with Gasteiger partial charge in [0, 0.05) is 0 Å². The van der Waals surface area contributed by atoms with E-state index in [0.717, 1.165) is 5.69 Å². The molecule has 6 heteroatoms. The molecule has 0 spiro atoms. The first-order valence-corrected chi connectivity index (χ1v) is 6.13. The smallest absolute Gasteiger partial charge is 0.214 e. The van der Waals surface area contributed by atoms with Crippen molar-refractivity contribution < 1.29 is 4.79 Å². The van der Waals surface area contributed by atoms with Crippen LogP contribution in [0.3, 0.4) is 0 Å². The lowest BCUT2D eigenvalue weighted by Crippen LogP contribution is -2.01. The molecule has 2 aromatic rings. The number of aromatic nitrogens is 4. The Morgan fingerprint density at radius 3 is 2.71 bits per heavy atom. The lowest BCUT2D eigenvalue weighted by atomic mass is 10.2. The highest BCUT2D eigenvalue weighted by molar-refractivity contribution is 7.99. The Morgan fingerprint density at radius 2 is 2.06 bits per heavy atom. The third kappa shape index (κ3) is 2.91. The zero-order chi connectivity index (χ0) is 12.3. The van der Waals surface area contributed by atoms with Gasteiger partial charge in [-0.3, -0.25) is 4.79 Å². The van der Waals surface area contributed by atoms with Gasteiger partial charge in [0.15, 0.2) is 0 Å². The third-order valence-corrected chi connectivity index (χ3v) is 3.19. The molecule has 0 N–H and O–H groups in total. The lowest BCUT2D eigenvalue weighted by Gasteiger charge is -2.03.